The van der Waals surface area contributed by atoms with Crippen LogP contribution in [-0.2, 0) is 4.79 Å². The van der Waals surface area contributed by atoms with E-state index in [4.69, 9.17) is 0 Å². The van der Waals surface area contributed by atoms with Gasteiger partial charge in [0.25, 0.3) is 5.69 Å². The van der Waals surface area contributed by atoms with Gasteiger partial charge < -0.3 is 5.32 Å². The van der Waals surface area contributed by atoms with Crippen LogP contribution in [0.25, 0.3) is 6.08 Å². The molecule has 0 aliphatic heterocycles. The third-order valence-corrected chi connectivity index (χ3v) is 2.35. The van der Waals surface area contributed by atoms with E-state index in [2.05, 4.69) is 5.32 Å². The molecule has 1 rings (SSSR count). The van der Waals surface area contributed by atoms with Crippen molar-refractivity contribution in [1.29, 1.82) is 0 Å². The first-order chi connectivity index (χ1) is 8.41. The van der Waals surface area contributed by atoms with Crippen molar-refractivity contribution in [3.63, 3.8) is 0 Å². The molecule has 0 heterocycles. The summed E-state index contributed by atoms with van der Waals surface area (Å²) >= 11 is 0. The van der Waals surface area contributed by atoms with E-state index >= 15 is 0 Å². The molecule has 0 saturated carbocycles. The van der Waals surface area contributed by atoms with Gasteiger partial charge in [-0.3, -0.25) is 14.9 Å². The molecule has 6 heteroatoms. The molecule has 5 nitrogen and oxygen atoms in total. The van der Waals surface area contributed by atoms with E-state index in [1.54, 1.807) is 19.1 Å². The van der Waals surface area contributed by atoms with Crippen LogP contribution >= 0.6 is 0 Å². The first-order valence-electron chi connectivity index (χ1n) is 5.27. The molecule has 0 spiro atoms. The fourth-order valence-corrected chi connectivity index (χ4v) is 1.44. The Morgan fingerprint density at radius 1 is 1.56 bits per heavy atom. The molecule has 0 aromatic heterocycles. The second-order valence-corrected chi connectivity index (χ2v) is 3.74. The number of benzene rings is 1. The van der Waals surface area contributed by atoms with Crippen molar-refractivity contribution in [2.45, 2.75) is 13.8 Å². The standard InChI is InChI=1S/C12H13FN2O3/c1-8-10(4-3-5-14-9(2)16)6-11(13)7-12(8)15(17)18/h3-4,6-7H,5H2,1-2H3,(H,14,16). The third kappa shape index (κ3) is 3.65. The minimum Gasteiger partial charge on any atom is -0.353 e. The molecular weight excluding hydrogens is 239 g/mol. The van der Waals surface area contributed by atoms with E-state index in [0.29, 0.717) is 17.7 Å². The van der Waals surface area contributed by atoms with Gasteiger partial charge in [0.1, 0.15) is 5.82 Å². The minimum atomic E-state index is -0.661. The highest BCUT2D eigenvalue weighted by atomic mass is 19.1. The highest BCUT2D eigenvalue weighted by Gasteiger charge is 2.14. The average Bonchev–Trinajstić information content (AvgIpc) is 2.27. The summed E-state index contributed by atoms with van der Waals surface area (Å²) in [5, 5.41) is 13.2. The van der Waals surface area contributed by atoms with Crippen LogP contribution in [0, 0.1) is 22.9 Å². The molecule has 0 fully saturated rings. The van der Waals surface area contributed by atoms with Crippen molar-refractivity contribution in [2.75, 3.05) is 6.54 Å². The zero-order valence-corrected chi connectivity index (χ0v) is 10.1. The molecule has 1 aromatic rings. The molecule has 1 N–H and O–H groups in total. The predicted molar refractivity (Wildman–Crippen MR) is 65.5 cm³/mol. The first kappa shape index (κ1) is 13.8. The van der Waals surface area contributed by atoms with Gasteiger partial charge in [-0.05, 0) is 18.6 Å². The van der Waals surface area contributed by atoms with E-state index in [1.165, 1.54) is 13.0 Å². The lowest BCUT2D eigenvalue weighted by Gasteiger charge is -2.02. The number of rotatable bonds is 4. The van der Waals surface area contributed by atoms with Crippen LogP contribution in [0.2, 0.25) is 0 Å². The quantitative estimate of drug-likeness (QED) is 0.659. The summed E-state index contributed by atoms with van der Waals surface area (Å²) in [7, 11) is 0. The van der Waals surface area contributed by atoms with Crippen molar-refractivity contribution >= 4 is 17.7 Å². The third-order valence-electron chi connectivity index (χ3n) is 2.35. The van der Waals surface area contributed by atoms with Crippen molar-refractivity contribution < 1.29 is 14.1 Å². The van der Waals surface area contributed by atoms with Gasteiger partial charge in [0.2, 0.25) is 5.91 Å². The molecule has 1 aromatic carbocycles. The number of amides is 1. The molecule has 0 aliphatic rings. The minimum absolute atomic E-state index is 0.179. The van der Waals surface area contributed by atoms with Gasteiger partial charge in [-0.2, -0.15) is 0 Å². The topological polar surface area (TPSA) is 72.2 Å². The van der Waals surface area contributed by atoms with Crippen molar-refractivity contribution in [1.82, 2.24) is 5.32 Å². The van der Waals surface area contributed by atoms with Gasteiger partial charge in [0.15, 0.2) is 0 Å². The number of nitro benzene ring substituents is 1. The van der Waals surface area contributed by atoms with Crippen LogP contribution in [0.4, 0.5) is 10.1 Å². The zero-order chi connectivity index (χ0) is 13.7. The van der Waals surface area contributed by atoms with Gasteiger partial charge in [-0.15, -0.1) is 0 Å². The lowest BCUT2D eigenvalue weighted by atomic mass is 10.1. The monoisotopic (exact) mass is 252 g/mol. The van der Waals surface area contributed by atoms with Crippen LogP contribution in [0.5, 0.6) is 0 Å². The molecule has 0 bridgehead atoms. The first-order valence-corrected chi connectivity index (χ1v) is 5.27. The summed E-state index contributed by atoms with van der Waals surface area (Å²) in [5.74, 6) is -0.840. The summed E-state index contributed by atoms with van der Waals surface area (Å²) in [6.07, 6.45) is 3.15. The Kier molecular flexibility index (Phi) is 4.53. The molecule has 0 aliphatic carbocycles. The number of nitro groups is 1. The fourth-order valence-electron chi connectivity index (χ4n) is 1.44. The number of carbonyl (C=O) groups is 1. The number of hydrogen-bond acceptors (Lipinski definition) is 3. The molecule has 1 amide bonds. The number of halogens is 1. The summed E-state index contributed by atoms with van der Waals surface area (Å²) in [6.45, 7) is 3.22. The SMILES string of the molecule is CC(=O)NCC=Cc1cc(F)cc([N+](=O)[O-])c1C. The lowest BCUT2D eigenvalue weighted by Crippen LogP contribution is -2.19. The number of nitrogens with one attached hydrogen (secondary N) is 1. The molecule has 0 unspecified atom stereocenters. The number of hydrogen-bond donors (Lipinski definition) is 1. The van der Waals surface area contributed by atoms with Crippen molar-refractivity contribution in [3.05, 3.63) is 45.3 Å². The normalized spacial score (nSPS) is 10.6. The Labute approximate surface area is 103 Å². The maximum absolute atomic E-state index is 13.2. The van der Waals surface area contributed by atoms with Gasteiger partial charge in [-0.1, -0.05) is 12.2 Å². The van der Waals surface area contributed by atoms with Crippen LogP contribution in [-0.4, -0.2) is 17.4 Å². The van der Waals surface area contributed by atoms with E-state index in [-0.39, 0.29) is 11.6 Å². The zero-order valence-electron chi connectivity index (χ0n) is 10.1. The van der Waals surface area contributed by atoms with E-state index in [0.717, 1.165) is 6.07 Å². The smallest absolute Gasteiger partial charge is 0.275 e. The number of carbonyl (C=O) groups excluding carboxylic acids is 1. The fraction of sp³-hybridized carbons (Fsp3) is 0.250. The Hall–Kier alpha value is -2.24. The highest BCUT2D eigenvalue weighted by molar-refractivity contribution is 5.73. The molecular formula is C12H13FN2O3. The summed E-state index contributed by atoms with van der Waals surface area (Å²) in [5.41, 5.74) is 0.557. The Morgan fingerprint density at radius 3 is 2.78 bits per heavy atom. The molecule has 0 radical (unpaired) electrons. The molecule has 0 saturated heterocycles. The van der Waals surface area contributed by atoms with E-state index < -0.39 is 10.7 Å². The van der Waals surface area contributed by atoms with Crippen LogP contribution in [0.15, 0.2) is 18.2 Å². The van der Waals surface area contributed by atoms with Crippen LogP contribution in [0.1, 0.15) is 18.1 Å². The van der Waals surface area contributed by atoms with E-state index in [1.807, 2.05) is 0 Å². The van der Waals surface area contributed by atoms with Gasteiger partial charge >= 0.3 is 0 Å². The van der Waals surface area contributed by atoms with Crippen molar-refractivity contribution in [3.8, 4) is 0 Å². The maximum atomic E-state index is 13.2. The predicted octanol–water partition coefficient (Wildman–Crippen LogP) is 2.19. The molecule has 0 atom stereocenters. The summed E-state index contributed by atoms with van der Waals surface area (Å²) in [6, 6.07) is 2.10. The van der Waals surface area contributed by atoms with Gasteiger partial charge in [-0.25, -0.2) is 4.39 Å². The Balaban J connectivity index is 2.95. The Bertz CT molecular complexity index is 512. The van der Waals surface area contributed by atoms with E-state index in [9.17, 15) is 19.3 Å². The molecule has 18 heavy (non-hydrogen) atoms. The lowest BCUT2D eigenvalue weighted by molar-refractivity contribution is -0.385. The van der Waals surface area contributed by atoms with Crippen molar-refractivity contribution in [2.24, 2.45) is 0 Å². The second-order valence-electron chi connectivity index (χ2n) is 3.74. The van der Waals surface area contributed by atoms with Gasteiger partial charge in [0.05, 0.1) is 11.0 Å². The van der Waals surface area contributed by atoms with Crippen LogP contribution in [0.3, 0.4) is 0 Å². The second kappa shape index (κ2) is 5.90. The summed E-state index contributed by atoms with van der Waals surface area (Å²) in [4.78, 5) is 20.7. The van der Waals surface area contributed by atoms with Gasteiger partial charge in [0, 0.05) is 19.0 Å². The number of nitrogens with zero attached hydrogens (tertiary/aromatic N) is 1. The maximum Gasteiger partial charge on any atom is 0.275 e. The Morgan fingerprint density at radius 2 is 2.22 bits per heavy atom. The van der Waals surface area contributed by atoms with Crippen LogP contribution < -0.4 is 5.32 Å². The highest BCUT2D eigenvalue weighted by Crippen LogP contribution is 2.24. The average molecular weight is 252 g/mol. The molecule has 96 valence electrons. The largest absolute Gasteiger partial charge is 0.353 e. The summed E-state index contributed by atoms with van der Waals surface area (Å²) < 4.78 is 13.2.